The van der Waals surface area contributed by atoms with Crippen LogP contribution in [0.15, 0.2) is 24.5 Å². The van der Waals surface area contributed by atoms with Crippen LogP contribution in [0.4, 0.5) is 4.79 Å². The molecular weight excluding hydrogens is 294 g/mol. The highest BCUT2D eigenvalue weighted by molar-refractivity contribution is 5.87. The third-order valence-corrected chi connectivity index (χ3v) is 4.18. The summed E-state index contributed by atoms with van der Waals surface area (Å²) in [6, 6.07) is 3.68. The average Bonchev–Trinajstić information content (AvgIpc) is 3.15. The molecule has 1 saturated carbocycles. The number of likely N-dealkylation sites (tertiary alicyclic amines) is 1. The Balaban J connectivity index is 1.51. The predicted molar refractivity (Wildman–Crippen MR) is 84.9 cm³/mol. The van der Waals surface area contributed by atoms with Crippen LogP contribution in [0.3, 0.4) is 0 Å². The Morgan fingerprint density at radius 3 is 2.74 bits per heavy atom. The summed E-state index contributed by atoms with van der Waals surface area (Å²) in [7, 11) is 0. The van der Waals surface area contributed by atoms with Crippen molar-refractivity contribution in [3.05, 3.63) is 30.1 Å². The lowest BCUT2D eigenvalue weighted by atomic mass is 10.0. The van der Waals surface area contributed by atoms with Gasteiger partial charge in [0.2, 0.25) is 5.91 Å². The lowest BCUT2D eigenvalue weighted by molar-refractivity contribution is -0.130. The van der Waals surface area contributed by atoms with Gasteiger partial charge in [-0.25, -0.2) is 4.79 Å². The molecule has 124 valence electrons. The van der Waals surface area contributed by atoms with Gasteiger partial charge in [0, 0.05) is 30.9 Å². The predicted octanol–water partition coefficient (Wildman–Crippen LogP) is 2.06. The molecule has 1 saturated heterocycles. The Morgan fingerprint density at radius 2 is 2.17 bits per heavy atom. The van der Waals surface area contributed by atoms with Crippen LogP contribution in [0.25, 0.3) is 0 Å². The Kier molecular flexibility index (Phi) is 4.00. The second kappa shape index (κ2) is 5.83. The van der Waals surface area contributed by atoms with Gasteiger partial charge in [0.25, 0.3) is 0 Å². The first-order valence-electron chi connectivity index (χ1n) is 8.05. The lowest BCUT2D eigenvalue weighted by Crippen LogP contribution is -2.59. The molecule has 2 heterocycles. The summed E-state index contributed by atoms with van der Waals surface area (Å²) < 4.78 is 5.33. The van der Waals surface area contributed by atoms with Crippen LogP contribution in [0.1, 0.15) is 45.1 Å². The van der Waals surface area contributed by atoms with Gasteiger partial charge < -0.3 is 10.1 Å². The highest BCUT2D eigenvalue weighted by Gasteiger charge is 2.44. The number of hydrogen-bond acceptors (Lipinski definition) is 4. The highest BCUT2D eigenvalue weighted by Crippen LogP contribution is 2.40. The van der Waals surface area contributed by atoms with Crippen molar-refractivity contribution in [2.24, 2.45) is 0 Å². The van der Waals surface area contributed by atoms with Crippen molar-refractivity contribution in [2.75, 3.05) is 6.54 Å². The van der Waals surface area contributed by atoms with Crippen molar-refractivity contribution >= 4 is 12.0 Å². The number of aromatic nitrogens is 1. The van der Waals surface area contributed by atoms with E-state index in [1.54, 1.807) is 6.20 Å². The quantitative estimate of drug-likeness (QED) is 0.926. The molecule has 0 unspecified atom stereocenters. The standard InChI is InChI=1S/C17H23N3O3/c1-17(2,3)23-16(22)20-8-6-14(20)15(21)19-13-9-12(13)11-5-4-7-18-10-11/h4-5,7,10,12-14H,6,8-9H2,1-3H3,(H,19,21)/t12-,13+,14-/m1/s1. The minimum absolute atomic E-state index is 0.0847. The Hall–Kier alpha value is -2.11. The zero-order valence-electron chi connectivity index (χ0n) is 13.8. The fourth-order valence-electron chi connectivity index (χ4n) is 2.80. The molecule has 1 aliphatic carbocycles. The zero-order valence-corrected chi connectivity index (χ0v) is 13.8. The molecule has 1 aromatic heterocycles. The zero-order chi connectivity index (χ0) is 16.6. The van der Waals surface area contributed by atoms with Crippen LogP contribution in [0.5, 0.6) is 0 Å². The molecule has 1 aromatic rings. The van der Waals surface area contributed by atoms with Crippen molar-refractivity contribution in [3.63, 3.8) is 0 Å². The van der Waals surface area contributed by atoms with E-state index in [0.717, 1.165) is 12.0 Å². The number of nitrogens with one attached hydrogen (secondary N) is 1. The van der Waals surface area contributed by atoms with Crippen molar-refractivity contribution < 1.29 is 14.3 Å². The average molecular weight is 317 g/mol. The monoisotopic (exact) mass is 317 g/mol. The number of rotatable bonds is 3. The molecule has 0 radical (unpaired) electrons. The van der Waals surface area contributed by atoms with Crippen LogP contribution in [-0.4, -0.2) is 46.1 Å². The van der Waals surface area contributed by atoms with Crippen LogP contribution in [0, 0.1) is 0 Å². The van der Waals surface area contributed by atoms with E-state index >= 15 is 0 Å². The van der Waals surface area contributed by atoms with Crippen LogP contribution < -0.4 is 5.32 Å². The molecule has 3 atom stereocenters. The topological polar surface area (TPSA) is 71.5 Å². The molecule has 2 fully saturated rings. The Morgan fingerprint density at radius 1 is 1.39 bits per heavy atom. The lowest BCUT2D eigenvalue weighted by Gasteiger charge is -2.40. The molecule has 0 spiro atoms. The Bertz CT molecular complexity index is 597. The number of nitrogens with zero attached hydrogens (tertiary/aromatic N) is 2. The van der Waals surface area contributed by atoms with Crippen molar-refractivity contribution in [3.8, 4) is 0 Å². The summed E-state index contributed by atoms with van der Waals surface area (Å²) >= 11 is 0. The first kappa shape index (κ1) is 15.8. The number of carbonyl (C=O) groups excluding carboxylic acids is 2. The number of carbonyl (C=O) groups is 2. The van der Waals surface area contributed by atoms with E-state index in [9.17, 15) is 9.59 Å². The summed E-state index contributed by atoms with van der Waals surface area (Å²) in [4.78, 5) is 30.0. The summed E-state index contributed by atoms with van der Waals surface area (Å²) in [6.07, 6.45) is 4.79. The normalized spacial score (nSPS) is 26.2. The largest absolute Gasteiger partial charge is 0.444 e. The maximum Gasteiger partial charge on any atom is 0.410 e. The highest BCUT2D eigenvalue weighted by atomic mass is 16.6. The van der Waals surface area contributed by atoms with Gasteiger partial charge in [0.15, 0.2) is 0 Å². The van der Waals surface area contributed by atoms with Crippen LogP contribution in [0.2, 0.25) is 0 Å². The third-order valence-electron chi connectivity index (χ3n) is 4.18. The second-order valence-electron chi connectivity index (χ2n) is 7.22. The molecule has 0 bridgehead atoms. The minimum atomic E-state index is -0.546. The van der Waals surface area contributed by atoms with E-state index in [1.807, 2.05) is 39.1 Å². The molecule has 1 aliphatic heterocycles. The summed E-state index contributed by atoms with van der Waals surface area (Å²) in [5.74, 6) is 0.251. The number of ether oxygens (including phenoxy) is 1. The van der Waals surface area contributed by atoms with Crippen molar-refractivity contribution in [2.45, 2.75) is 57.2 Å². The van der Waals surface area contributed by atoms with E-state index in [1.165, 1.54) is 4.90 Å². The van der Waals surface area contributed by atoms with Gasteiger partial charge in [0.1, 0.15) is 11.6 Å². The van der Waals surface area contributed by atoms with Crippen molar-refractivity contribution in [1.82, 2.24) is 15.2 Å². The molecule has 6 heteroatoms. The van der Waals surface area contributed by atoms with E-state index in [-0.39, 0.29) is 11.9 Å². The maximum atomic E-state index is 12.4. The minimum Gasteiger partial charge on any atom is -0.444 e. The summed E-state index contributed by atoms with van der Waals surface area (Å²) in [5.41, 5.74) is 0.602. The second-order valence-corrected chi connectivity index (χ2v) is 7.22. The molecule has 3 rings (SSSR count). The SMILES string of the molecule is CC(C)(C)OC(=O)N1CC[C@@H]1C(=O)N[C@H]1C[C@@H]1c1cccnc1. The molecule has 6 nitrogen and oxygen atoms in total. The summed E-state index contributed by atoms with van der Waals surface area (Å²) in [5, 5.41) is 3.04. The van der Waals surface area contributed by atoms with Gasteiger partial charge in [-0.05, 0) is 45.2 Å². The molecule has 2 aliphatic rings. The first-order valence-corrected chi connectivity index (χ1v) is 8.05. The number of amides is 2. The molecular formula is C17H23N3O3. The molecule has 0 aromatic carbocycles. The van der Waals surface area contributed by atoms with Gasteiger partial charge >= 0.3 is 6.09 Å². The maximum absolute atomic E-state index is 12.4. The van der Waals surface area contributed by atoms with Crippen molar-refractivity contribution in [1.29, 1.82) is 0 Å². The van der Waals surface area contributed by atoms with Gasteiger partial charge in [-0.15, -0.1) is 0 Å². The molecule has 23 heavy (non-hydrogen) atoms. The van der Waals surface area contributed by atoms with E-state index in [0.29, 0.717) is 18.9 Å². The number of pyridine rings is 1. The van der Waals surface area contributed by atoms with Crippen LogP contribution >= 0.6 is 0 Å². The summed E-state index contributed by atoms with van der Waals surface area (Å²) in [6.45, 7) is 6.04. The van der Waals surface area contributed by atoms with Gasteiger partial charge in [-0.1, -0.05) is 6.07 Å². The van der Waals surface area contributed by atoms with Gasteiger partial charge in [-0.3, -0.25) is 14.7 Å². The van der Waals surface area contributed by atoms with Gasteiger partial charge in [-0.2, -0.15) is 0 Å². The van der Waals surface area contributed by atoms with Crippen LogP contribution in [-0.2, 0) is 9.53 Å². The van der Waals surface area contributed by atoms with E-state index < -0.39 is 17.7 Å². The molecule has 1 N–H and O–H groups in total. The molecule has 2 amide bonds. The van der Waals surface area contributed by atoms with E-state index in [2.05, 4.69) is 10.3 Å². The van der Waals surface area contributed by atoms with Gasteiger partial charge in [0.05, 0.1) is 0 Å². The number of hydrogen-bond donors (Lipinski definition) is 1. The first-order chi connectivity index (χ1) is 10.8. The smallest absolute Gasteiger partial charge is 0.410 e. The fraction of sp³-hybridized carbons (Fsp3) is 0.588. The fourth-order valence-corrected chi connectivity index (χ4v) is 2.80. The third kappa shape index (κ3) is 3.63. The van der Waals surface area contributed by atoms with E-state index in [4.69, 9.17) is 4.74 Å². The Labute approximate surface area is 136 Å².